The Labute approximate surface area is 184 Å². The van der Waals surface area contributed by atoms with Gasteiger partial charge in [-0.2, -0.15) is 0 Å². The molecule has 1 saturated carbocycles. The van der Waals surface area contributed by atoms with Gasteiger partial charge in [0.05, 0.1) is 72.2 Å². The van der Waals surface area contributed by atoms with Gasteiger partial charge in [-0.3, -0.25) is 0 Å². The van der Waals surface area contributed by atoms with Crippen molar-refractivity contribution in [1.29, 1.82) is 0 Å². The Hall–Kier alpha value is -0.240. The first kappa shape index (κ1) is 27.8. The van der Waals surface area contributed by atoms with E-state index < -0.39 is 0 Å². The maximum Gasteiger partial charge on any atom is 0.0704 e. The lowest BCUT2D eigenvalue weighted by molar-refractivity contribution is -0.0491. The van der Waals surface area contributed by atoms with E-state index >= 15 is 0 Å². The lowest BCUT2D eigenvalue weighted by Crippen LogP contribution is -2.29. The Balaban J connectivity index is 1.89. The molecule has 180 valence electrons. The van der Waals surface area contributed by atoms with Crippen LogP contribution in [0.1, 0.15) is 77.6 Å². The fourth-order valence-corrected chi connectivity index (χ4v) is 3.99. The molecule has 6 nitrogen and oxygen atoms in total. The lowest BCUT2D eigenvalue weighted by atomic mass is 9.83. The quantitative estimate of drug-likeness (QED) is 0.256. The minimum atomic E-state index is 0.0502. The van der Waals surface area contributed by atoms with Crippen molar-refractivity contribution in [2.24, 2.45) is 5.92 Å². The normalized spacial score (nSPS) is 19.4. The third kappa shape index (κ3) is 16.5. The SMILES string of the molecule is CCCCCCCCC1CCCCC1OCCOCCOCCOCCOCCO. The first-order chi connectivity index (χ1) is 14.9. The van der Waals surface area contributed by atoms with Crippen molar-refractivity contribution in [2.45, 2.75) is 83.7 Å². The second-order valence-electron chi connectivity index (χ2n) is 8.18. The first-order valence-electron chi connectivity index (χ1n) is 12.4. The van der Waals surface area contributed by atoms with E-state index in [2.05, 4.69) is 6.92 Å². The topological polar surface area (TPSA) is 66.4 Å². The van der Waals surface area contributed by atoms with Gasteiger partial charge in [-0.05, 0) is 25.2 Å². The molecule has 2 unspecified atom stereocenters. The summed E-state index contributed by atoms with van der Waals surface area (Å²) >= 11 is 0. The molecular formula is C24H48O6. The lowest BCUT2D eigenvalue weighted by Gasteiger charge is -2.31. The van der Waals surface area contributed by atoms with Crippen molar-refractivity contribution in [3.8, 4) is 0 Å². The highest BCUT2D eigenvalue weighted by Gasteiger charge is 2.25. The average Bonchev–Trinajstić information content (AvgIpc) is 2.77. The fraction of sp³-hybridized carbons (Fsp3) is 1.00. The van der Waals surface area contributed by atoms with Crippen LogP contribution in [0.3, 0.4) is 0 Å². The molecule has 0 aromatic rings. The van der Waals surface area contributed by atoms with Gasteiger partial charge in [-0.25, -0.2) is 0 Å². The second-order valence-corrected chi connectivity index (χ2v) is 8.18. The fourth-order valence-electron chi connectivity index (χ4n) is 3.99. The molecule has 0 aromatic heterocycles. The largest absolute Gasteiger partial charge is 0.394 e. The van der Waals surface area contributed by atoms with E-state index in [1.807, 2.05) is 0 Å². The minimum absolute atomic E-state index is 0.0502. The summed E-state index contributed by atoms with van der Waals surface area (Å²) in [6.07, 6.45) is 15.3. The molecule has 1 N–H and O–H groups in total. The summed E-state index contributed by atoms with van der Waals surface area (Å²) in [7, 11) is 0. The summed E-state index contributed by atoms with van der Waals surface area (Å²) in [5, 5.41) is 8.58. The monoisotopic (exact) mass is 432 g/mol. The number of hydrogen-bond donors (Lipinski definition) is 1. The molecule has 6 heteroatoms. The van der Waals surface area contributed by atoms with Crippen LogP contribution in [-0.4, -0.2) is 77.3 Å². The zero-order valence-electron chi connectivity index (χ0n) is 19.5. The molecule has 2 atom stereocenters. The summed E-state index contributed by atoms with van der Waals surface area (Å²) in [4.78, 5) is 0. The molecule has 0 aromatic carbocycles. The molecule has 0 heterocycles. The maximum absolute atomic E-state index is 8.58. The summed E-state index contributed by atoms with van der Waals surface area (Å²) in [5.41, 5.74) is 0. The van der Waals surface area contributed by atoms with E-state index in [1.54, 1.807) is 0 Å². The van der Waals surface area contributed by atoms with Crippen molar-refractivity contribution in [1.82, 2.24) is 0 Å². The summed E-state index contributed by atoms with van der Waals surface area (Å²) in [6, 6.07) is 0. The Bertz CT molecular complexity index is 342. The van der Waals surface area contributed by atoms with Crippen molar-refractivity contribution in [3.63, 3.8) is 0 Å². The van der Waals surface area contributed by atoms with Crippen LogP contribution in [0.15, 0.2) is 0 Å². The van der Waals surface area contributed by atoms with Gasteiger partial charge >= 0.3 is 0 Å². The Morgan fingerprint density at radius 3 is 1.80 bits per heavy atom. The molecule has 0 spiro atoms. The van der Waals surface area contributed by atoms with E-state index in [0.717, 1.165) is 5.92 Å². The summed E-state index contributed by atoms with van der Waals surface area (Å²) < 4.78 is 27.8. The number of hydrogen-bond acceptors (Lipinski definition) is 6. The van der Waals surface area contributed by atoms with E-state index in [-0.39, 0.29) is 6.61 Å². The second kappa shape index (κ2) is 22.0. The van der Waals surface area contributed by atoms with Crippen LogP contribution in [0.5, 0.6) is 0 Å². The molecule has 30 heavy (non-hydrogen) atoms. The molecule has 0 radical (unpaired) electrons. The Morgan fingerprint density at radius 1 is 0.633 bits per heavy atom. The van der Waals surface area contributed by atoms with E-state index in [9.17, 15) is 0 Å². The van der Waals surface area contributed by atoms with Gasteiger partial charge in [0, 0.05) is 0 Å². The van der Waals surface area contributed by atoms with Gasteiger partial charge in [-0.15, -0.1) is 0 Å². The molecule has 1 rings (SSSR count). The molecule has 1 aliphatic rings. The summed E-state index contributed by atoms with van der Waals surface area (Å²) in [5.74, 6) is 0.752. The van der Waals surface area contributed by atoms with Crippen LogP contribution >= 0.6 is 0 Å². The van der Waals surface area contributed by atoms with E-state index in [4.69, 9.17) is 28.8 Å². The van der Waals surface area contributed by atoms with Gasteiger partial charge in [-0.1, -0.05) is 58.3 Å². The van der Waals surface area contributed by atoms with Crippen molar-refractivity contribution < 1.29 is 28.8 Å². The number of unbranched alkanes of at least 4 members (excludes halogenated alkanes) is 5. The van der Waals surface area contributed by atoms with E-state index in [0.29, 0.717) is 65.6 Å². The molecule has 1 aliphatic carbocycles. The van der Waals surface area contributed by atoms with Crippen molar-refractivity contribution in [3.05, 3.63) is 0 Å². The molecule has 0 saturated heterocycles. The Morgan fingerprint density at radius 2 is 1.17 bits per heavy atom. The minimum Gasteiger partial charge on any atom is -0.394 e. The van der Waals surface area contributed by atoms with Crippen LogP contribution in [-0.2, 0) is 23.7 Å². The van der Waals surface area contributed by atoms with E-state index in [1.165, 1.54) is 70.6 Å². The standard InChI is InChI=1S/C24H48O6/c1-2-3-4-5-6-7-10-23-11-8-9-12-24(23)30-22-21-29-20-19-28-18-17-27-16-15-26-14-13-25/h23-25H,2-22H2,1H3. The van der Waals surface area contributed by atoms with Crippen LogP contribution < -0.4 is 0 Å². The maximum atomic E-state index is 8.58. The van der Waals surface area contributed by atoms with Crippen molar-refractivity contribution >= 4 is 0 Å². The third-order valence-electron chi connectivity index (χ3n) is 5.68. The summed E-state index contributed by atoms with van der Waals surface area (Å²) in [6.45, 7) is 7.32. The predicted molar refractivity (Wildman–Crippen MR) is 120 cm³/mol. The number of aliphatic hydroxyl groups excluding tert-OH is 1. The highest BCUT2D eigenvalue weighted by molar-refractivity contribution is 4.76. The zero-order chi connectivity index (χ0) is 21.5. The van der Waals surface area contributed by atoms with Crippen molar-refractivity contribution in [2.75, 3.05) is 66.1 Å². The zero-order valence-corrected chi connectivity index (χ0v) is 19.5. The molecule has 1 fully saturated rings. The average molecular weight is 433 g/mol. The molecular weight excluding hydrogens is 384 g/mol. The van der Waals surface area contributed by atoms with Gasteiger partial charge in [0.2, 0.25) is 0 Å². The van der Waals surface area contributed by atoms with Crippen LogP contribution in [0.4, 0.5) is 0 Å². The number of rotatable bonds is 22. The van der Waals surface area contributed by atoms with Gasteiger partial charge < -0.3 is 28.8 Å². The van der Waals surface area contributed by atoms with Crippen LogP contribution in [0.25, 0.3) is 0 Å². The van der Waals surface area contributed by atoms with Crippen LogP contribution in [0.2, 0.25) is 0 Å². The van der Waals surface area contributed by atoms with Gasteiger partial charge in [0.15, 0.2) is 0 Å². The Kier molecular flexibility index (Phi) is 20.4. The number of ether oxygens (including phenoxy) is 5. The highest BCUT2D eigenvalue weighted by Crippen LogP contribution is 2.31. The van der Waals surface area contributed by atoms with Gasteiger partial charge in [0.1, 0.15) is 0 Å². The smallest absolute Gasteiger partial charge is 0.0704 e. The molecule has 0 bridgehead atoms. The predicted octanol–water partition coefficient (Wildman–Crippen LogP) is 4.37. The van der Waals surface area contributed by atoms with Crippen LogP contribution in [0, 0.1) is 5.92 Å². The molecule has 0 amide bonds. The first-order valence-corrected chi connectivity index (χ1v) is 12.4. The third-order valence-corrected chi connectivity index (χ3v) is 5.68. The number of aliphatic hydroxyl groups is 1. The van der Waals surface area contributed by atoms with Gasteiger partial charge in [0.25, 0.3) is 0 Å². The highest BCUT2D eigenvalue weighted by atomic mass is 16.6. The molecule has 0 aliphatic heterocycles.